The van der Waals surface area contributed by atoms with Gasteiger partial charge in [-0.2, -0.15) is 0 Å². The molecule has 0 spiro atoms. The number of pyridine rings is 1. The van der Waals surface area contributed by atoms with Crippen molar-refractivity contribution in [3.63, 3.8) is 0 Å². The van der Waals surface area contributed by atoms with Crippen molar-refractivity contribution in [1.82, 2.24) is 9.88 Å². The molecule has 1 fully saturated rings. The molecular weight excluding hydrogens is 320 g/mol. The van der Waals surface area contributed by atoms with Crippen LogP contribution in [0.5, 0.6) is 0 Å². The van der Waals surface area contributed by atoms with Gasteiger partial charge >= 0.3 is 0 Å². The van der Waals surface area contributed by atoms with E-state index in [-0.39, 0.29) is 11.0 Å². The number of carbonyl (C=O) groups excluding carboxylic acids is 1. The molecule has 0 N–H and O–H groups in total. The number of carbonyl (C=O) groups is 1. The summed E-state index contributed by atoms with van der Waals surface area (Å²) in [7, 11) is 0. The zero-order valence-electron chi connectivity index (χ0n) is 13.2. The van der Waals surface area contributed by atoms with Crippen molar-refractivity contribution in [1.29, 1.82) is 0 Å². The van der Waals surface area contributed by atoms with Gasteiger partial charge in [0.25, 0.3) is 0 Å². The van der Waals surface area contributed by atoms with Crippen molar-refractivity contribution in [3.05, 3.63) is 71.0 Å². The van der Waals surface area contributed by atoms with Gasteiger partial charge in [0.05, 0.1) is 24.2 Å². The van der Waals surface area contributed by atoms with Gasteiger partial charge in [-0.15, -0.1) is 0 Å². The Morgan fingerprint density at radius 1 is 1.04 bits per heavy atom. The maximum atomic E-state index is 12.9. The fraction of sp³-hybridized carbons (Fsp3) is 0.263. The average molecular weight is 338 g/mol. The van der Waals surface area contributed by atoms with Crippen LogP contribution in [0.2, 0.25) is 0 Å². The number of thioether (sulfide) groups is 1. The normalized spacial score (nSPS) is 21.4. The molecule has 24 heavy (non-hydrogen) atoms. The molecule has 0 aliphatic carbocycles. The summed E-state index contributed by atoms with van der Waals surface area (Å²) in [5.41, 5.74) is 3.21. The highest BCUT2D eigenvalue weighted by Crippen LogP contribution is 2.49. The Morgan fingerprint density at radius 2 is 1.75 bits per heavy atom. The quantitative estimate of drug-likeness (QED) is 0.860. The predicted octanol–water partition coefficient (Wildman–Crippen LogP) is 3.14. The van der Waals surface area contributed by atoms with Crippen molar-refractivity contribution in [2.45, 2.75) is 5.92 Å². The molecule has 0 radical (unpaired) electrons. The van der Waals surface area contributed by atoms with Crippen LogP contribution >= 0.6 is 11.8 Å². The Labute approximate surface area is 145 Å². The van der Waals surface area contributed by atoms with Crippen LogP contribution in [0.25, 0.3) is 5.57 Å². The first kappa shape index (κ1) is 15.4. The highest BCUT2D eigenvalue weighted by molar-refractivity contribution is 8.17. The molecule has 122 valence electrons. The second kappa shape index (κ2) is 6.79. The number of ether oxygens (including phenoxy) is 1. The number of rotatable bonds is 3. The summed E-state index contributed by atoms with van der Waals surface area (Å²) in [5, 5.41) is 1.26. The van der Waals surface area contributed by atoms with Gasteiger partial charge in [-0.05, 0) is 35.0 Å². The first-order chi connectivity index (χ1) is 11.8. The SMILES string of the molecule is O=C1SC(N2CCOCC2)=C(c2ccncc2)C1c1ccccc1. The molecule has 0 amide bonds. The predicted molar refractivity (Wildman–Crippen MR) is 95.3 cm³/mol. The molecule has 2 aliphatic rings. The molecule has 1 aromatic carbocycles. The molecule has 0 saturated carbocycles. The zero-order chi connectivity index (χ0) is 16.4. The summed E-state index contributed by atoms with van der Waals surface area (Å²) in [6.45, 7) is 3.06. The second-order valence-electron chi connectivity index (χ2n) is 5.82. The number of hydrogen-bond acceptors (Lipinski definition) is 5. The number of hydrogen-bond donors (Lipinski definition) is 0. The first-order valence-electron chi connectivity index (χ1n) is 8.08. The number of morpholine rings is 1. The van der Waals surface area contributed by atoms with Gasteiger partial charge in [0, 0.05) is 31.1 Å². The van der Waals surface area contributed by atoms with Gasteiger partial charge < -0.3 is 9.64 Å². The van der Waals surface area contributed by atoms with E-state index in [1.165, 1.54) is 11.8 Å². The van der Waals surface area contributed by atoms with Crippen molar-refractivity contribution >= 4 is 22.5 Å². The summed E-state index contributed by atoms with van der Waals surface area (Å²) in [5.74, 6) is -0.226. The molecule has 3 heterocycles. The van der Waals surface area contributed by atoms with Crippen LogP contribution in [-0.2, 0) is 9.53 Å². The third-order valence-electron chi connectivity index (χ3n) is 4.37. The number of benzene rings is 1. The molecular formula is C19H18N2O2S. The lowest BCUT2D eigenvalue weighted by molar-refractivity contribution is -0.111. The summed E-state index contributed by atoms with van der Waals surface area (Å²) >= 11 is 1.37. The van der Waals surface area contributed by atoms with Crippen LogP contribution in [-0.4, -0.2) is 41.3 Å². The van der Waals surface area contributed by atoms with Crippen LogP contribution in [0.4, 0.5) is 0 Å². The largest absolute Gasteiger partial charge is 0.378 e. The Balaban J connectivity index is 1.83. The van der Waals surface area contributed by atoms with Crippen molar-refractivity contribution in [3.8, 4) is 0 Å². The molecule has 5 heteroatoms. The van der Waals surface area contributed by atoms with Gasteiger partial charge in [-0.3, -0.25) is 9.78 Å². The topological polar surface area (TPSA) is 42.4 Å². The minimum Gasteiger partial charge on any atom is -0.378 e. The lowest BCUT2D eigenvalue weighted by atomic mass is 9.88. The van der Waals surface area contributed by atoms with E-state index >= 15 is 0 Å². The Bertz CT molecular complexity index is 755. The third-order valence-corrected chi connectivity index (χ3v) is 5.48. The number of nitrogens with zero attached hydrogens (tertiary/aromatic N) is 2. The van der Waals surface area contributed by atoms with E-state index in [4.69, 9.17) is 4.74 Å². The van der Waals surface area contributed by atoms with Gasteiger partial charge in [0.1, 0.15) is 0 Å². The number of aromatic nitrogens is 1. The molecule has 4 nitrogen and oxygen atoms in total. The van der Waals surface area contributed by atoms with E-state index in [1.807, 2.05) is 42.5 Å². The lowest BCUT2D eigenvalue weighted by Gasteiger charge is -2.30. The Morgan fingerprint density at radius 3 is 2.46 bits per heavy atom. The third kappa shape index (κ3) is 2.85. The van der Waals surface area contributed by atoms with Gasteiger partial charge in [-0.25, -0.2) is 0 Å². The van der Waals surface area contributed by atoms with Crippen LogP contribution in [0.1, 0.15) is 17.0 Å². The molecule has 1 aromatic heterocycles. The van der Waals surface area contributed by atoms with Crippen molar-refractivity contribution < 1.29 is 9.53 Å². The van der Waals surface area contributed by atoms with E-state index < -0.39 is 0 Å². The highest BCUT2D eigenvalue weighted by atomic mass is 32.2. The maximum absolute atomic E-state index is 12.9. The van der Waals surface area contributed by atoms with E-state index in [0.717, 1.165) is 34.8 Å². The van der Waals surface area contributed by atoms with Crippen LogP contribution in [0.15, 0.2) is 59.9 Å². The molecule has 1 saturated heterocycles. The summed E-state index contributed by atoms with van der Waals surface area (Å²) in [6.07, 6.45) is 3.57. The maximum Gasteiger partial charge on any atom is 0.207 e. The molecule has 4 rings (SSSR count). The monoisotopic (exact) mass is 338 g/mol. The smallest absolute Gasteiger partial charge is 0.207 e. The van der Waals surface area contributed by atoms with Gasteiger partial charge in [0.2, 0.25) is 5.12 Å². The Kier molecular flexibility index (Phi) is 4.36. The van der Waals surface area contributed by atoms with E-state index in [1.54, 1.807) is 12.4 Å². The van der Waals surface area contributed by atoms with E-state index in [0.29, 0.717) is 13.2 Å². The lowest BCUT2D eigenvalue weighted by Crippen LogP contribution is -2.34. The van der Waals surface area contributed by atoms with Crippen molar-refractivity contribution in [2.75, 3.05) is 26.3 Å². The van der Waals surface area contributed by atoms with Gasteiger partial charge in [0.15, 0.2) is 0 Å². The number of allylic oxidation sites excluding steroid dienone is 1. The molecule has 0 bridgehead atoms. The van der Waals surface area contributed by atoms with Crippen LogP contribution < -0.4 is 0 Å². The minimum atomic E-state index is -0.226. The van der Waals surface area contributed by atoms with E-state index in [2.05, 4.69) is 9.88 Å². The fourth-order valence-corrected chi connectivity index (χ4v) is 4.44. The molecule has 2 aliphatic heterocycles. The summed E-state index contributed by atoms with van der Waals surface area (Å²) < 4.78 is 5.47. The average Bonchev–Trinajstić information content (AvgIpc) is 3.01. The molecule has 2 aromatic rings. The first-order valence-corrected chi connectivity index (χ1v) is 8.90. The summed E-state index contributed by atoms with van der Waals surface area (Å²) in [4.78, 5) is 19.3. The zero-order valence-corrected chi connectivity index (χ0v) is 14.0. The fourth-order valence-electron chi connectivity index (χ4n) is 3.22. The van der Waals surface area contributed by atoms with E-state index in [9.17, 15) is 4.79 Å². The molecule has 1 atom stereocenters. The summed E-state index contributed by atoms with van der Waals surface area (Å²) in [6, 6.07) is 14.0. The van der Waals surface area contributed by atoms with Gasteiger partial charge in [-0.1, -0.05) is 30.3 Å². The van der Waals surface area contributed by atoms with Crippen LogP contribution in [0.3, 0.4) is 0 Å². The Hall–Kier alpha value is -2.11. The highest BCUT2D eigenvalue weighted by Gasteiger charge is 2.38. The minimum absolute atomic E-state index is 0.189. The molecule has 1 unspecified atom stereocenters. The second-order valence-corrected chi connectivity index (χ2v) is 6.81. The van der Waals surface area contributed by atoms with Crippen LogP contribution in [0, 0.1) is 0 Å². The standard InChI is InChI=1S/C19H18N2O2S/c22-19-17(14-4-2-1-3-5-14)16(15-6-8-20-9-7-15)18(24-19)21-10-12-23-13-11-21/h1-9,17H,10-13H2. The van der Waals surface area contributed by atoms with Crippen molar-refractivity contribution in [2.24, 2.45) is 0 Å².